The standard InChI is InChI=1S/C23H28ClN3O3S/c1-4-10-26(23(29)25-5-2)14-22(28)27-11-8-21-18(9-12-31-21)20(27)15-30-17-6-7-19(24)16(3)13-17/h4,6-7,9,12-13,20H,1,5,8,10-11,14-15H2,2-3H3,(H,25,29). The number of nitrogens with zero attached hydrogens (tertiary/aromatic N) is 2. The van der Waals surface area contributed by atoms with Crippen LogP contribution < -0.4 is 10.1 Å². The lowest BCUT2D eigenvalue weighted by Gasteiger charge is -2.37. The number of thiophene rings is 1. The molecule has 1 N–H and O–H groups in total. The zero-order chi connectivity index (χ0) is 22.4. The number of carbonyl (C=O) groups is 2. The molecular formula is C23H28ClN3O3S. The van der Waals surface area contributed by atoms with E-state index in [1.54, 1.807) is 17.4 Å². The van der Waals surface area contributed by atoms with Crippen LogP contribution in [0, 0.1) is 6.92 Å². The van der Waals surface area contributed by atoms with Crippen LogP contribution in [0.15, 0.2) is 42.3 Å². The first kappa shape index (κ1) is 23.2. The Labute approximate surface area is 192 Å². The van der Waals surface area contributed by atoms with E-state index in [9.17, 15) is 9.59 Å². The van der Waals surface area contributed by atoms with Gasteiger partial charge in [-0.1, -0.05) is 17.7 Å². The molecule has 1 atom stereocenters. The monoisotopic (exact) mass is 461 g/mol. The highest BCUT2D eigenvalue weighted by Crippen LogP contribution is 2.34. The summed E-state index contributed by atoms with van der Waals surface area (Å²) in [6.07, 6.45) is 2.43. The van der Waals surface area contributed by atoms with Gasteiger partial charge >= 0.3 is 6.03 Å². The number of aryl methyl sites for hydroxylation is 1. The molecule has 0 aliphatic carbocycles. The zero-order valence-corrected chi connectivity index (χ0v) is 19.5. The van der Waals surface area contributed by atoms with Gasteiger partial charge in [-0.3, -0.25) is 4.79 Å². The van der Waals surface area contributed by atoms with E-state index in [4.69, 9.17) is 16.3 Å². The number of amides is 3. The van der Waals surface area contributed by atoms with E-state index in [0.717, 1.165) is 17.5 Å². The van der Waals surface area contributed by atoms with Gasteiger partial charge in [-0.25, -0.2) is 4.79 Å². The highest BCUT2D eigenvalue weighted by molar-refractivity contribution is 7.10. The van der Waals surface area contributed by atoms with Gasteiger partial charge < -0.3 is 19.9 Å². The molecule has 1 aromatic heterocycles. The summed E-state index contributed by atoms with van der Waals surface area (Å²) < 4.78 is 6.07. The summed E-state index contributed by atoms with van der Waals surface area (Å²) in [6.45, 7) is 9.21. The third-order valence-corrected chi connectivity index (χ3v) is 6.66. The number of halogens is 1. The Bertz CT molecular complexity index is 946. The fraction of sp³-hybridized carbons (Fsp3) is 0.391. The maximum Gasteiger partial charge on any atom is 0.318 e. The van der Waals surface area contributed by atoms with Gasteiger partial charge in [-0.2, -0.15) is 0 Å². The van der Waals surface area contributed by atoms with Gasteiger partial charge in [0.15, 0.2) is 0 Å². The van der Waals surface area contributed by atoms with Crippen LogP contribution in [0.5, 0.6) is 5.75 Å². The van der Waals surface area contributed by atoms with Crippen LogP contribution in [0.3, 0.4) is 0 Å². The zero-order valence-electron chi connectivity index (χ0n) is 17.9. The van der Waals surface area contributed by atoms with Gasteiger partial charge in [0.25, 0.3) is 0 Å². The molecule has 2 aromatic rings. The molecule has 0 saturated heterocycles. The van der Waals surface area contributed by atoms with Crippen molar-refractivity contribution in [2.75, 3.05) is 32.8 Å². The van der Waals surface area contributed by atoms with Crippen molar-refractivity contribution in [2.45, 2.75) is 26.3 Å². The highest BCUT2D eigenvalue weighted by Gasteiger charge is 2.33. The van der Waals surface area contributed by atoms with Gasteiger partial charge in [0, 0.05) is 29.5 Å². The van der Waals surface area contributed by atoms with E-state index in [2.05, 4.69) is 23.3 Å². The van der Waals surface area contributed by atoms with Gasteiger partial charge in [0.2, 0.25) is 5.91 Å². The molecule has 3 rings (SSSR count). The maximum absolute atomic E-state index is 13.2. The summed E-state index contributed by atoms with van der Waals surface area (Å²) in [5, 5.41) is 5.49. The van der Waals surface area contributed by atoms with Crippen molar-refractivity contribution in [3.63, 3.8) is 0 Å². The quantitative estimate of drug-likeness (QED) is 0.591. The van der Waals surface area contributed by atoms with E-state index >= 15 is 0 Å². The molecule has 0 bridgehead atoms. The first-order valence-corrected chi connectivity index (χ1v) is 11.6. The Morgan fingerprint density at radius 1 is 1.42 bits per heavy atom. The number of hydrogen-bond acceptors (Lipinski definition) is 4. The molecule has 0 spiro atoms. The summed E-state index contributed by atoms with van der Waals surface area (Å²) in [7, 11) is 0. The summed E-state index contributed by atoms with van der Waals surface area (Å²) in [5.74, 6) is 0.609. The summed E-state index contributed by atoms with van der Waals surface area (Å²) >= 11 is 7.82. The van der Waals surface area contributed by atoms with Crippen LogP contribution in [0.25, 0.3) is 0 Å². The molecule has 8 heteroatoms. The third kappa shape index (κ3) is 5.60. The second-order valence-electron chi connectivity index (χ2n) is 7.38. The van der Waals surface area contributed by atoms with Crippen molar-refractivity contribution in [3.8, 4) is 5.75 Å². The maximum atomic E-state index is 13.2. The Morgan fingerprint density at radius 3 is 2.94 bits per heavy atom. The lowest BCUT2D eigenvalue weighted by atomic mass is 10.0. The highest BCUT2D eigenvalue weighted by atomic mass is 35.5. The molecule has 3 amide bonds. The first-order chi connectivity index (χ1) is 14.9. The minimum absolute atomic E-state index is 0.00607. The second-order valence-corrected chi connectivity index (χ2v) is 8.79. The molecular weight excluding hydrogens is 434 g/mol. The fourth-order valence-electron chi connectivity index (χ4n) is 3.65. The van der Waals surface area contributed by atoms with Crippen molar-refractivity contribution >= 4 is 34.9 Å². The first-order valence-electron chi connectivity index (χ1n) is 10.3. The predicted octanol–water partition coefficient (Wildman–Crippen LogP) is 4.43. The van der Waals surface area contributed by atoms with Crippen LogP contribution in [0.2, 0.25) is 5.02 Å². The van der Waals surface area contributed by atoms with Gasteiger partial charge in [0.05, 0.1) is 6.04 Å². The molecule has 0 radical (unpaired) electrons. The smallest absolute Gasteiger partial charge is 0.318 e. The topological polar surface area (TPSA) is 61.9 Å². The second kappa shape index (κ2) is 10.7. The number of hydrogen-bond donors (Lipinski definition) is 1. The van der Waals surface area contributed by atoms with Gasteiger partial charge in [0.1, 0.15) is 18.9 Å². The summed E-state index contributed by atoms with van der Waals surface area (Å²) in [5.41, 5.74) is 2.05. The molecule has 1 aromatic carbocycles. The van der Waals surface area contributed by atoms with Crippen LogP contribution in [-0.4, -0.2) is 54.5 Å². The van der Waals surface area contributed by atoms with Crippen molar-refractivity contribution in [3.05, 3.63) is 63.3 Å². The van der Waals surface area contributed by atoms with E-state index < -0.39 is 0 Å². The number of carbonyl (C=O) groups excluding carboxylic acids is 2. The lowest BCUT2D eigenvalue weighted by Crippen LogP contribution is -2.49. The van der Waals surface area contributed by atoms with Crippen LogP contribution >= 0.6 is 22.9 Å². The van der Waals surface area contributed by atoms with Crippen molar-refractivity contribution in [1.29, 1.82) is 0 Å². The normalized spacial score (nSPS) is 15.2. The molecule has 1 aliphatic rings. The average molecular weight is 462 g/mol. The molecule has 0 fully saturated rings. The molecule has 1 unspecified atom stereocenters. The molecule has 166 valence electrons. The third-order valence-electron chi connectivity index (χ3n) is 5.24. The van der Waals surface area contributed by atoms with Gasteiger partial charge in [-0.15, -0.1) is 17.9 Å². The van der Waals surface area contributed by atoms with E-state index in [1.807, 2.05) is 36.9 Å². The lowest BCUT2D eigenvalue weighted by molar-refractivity contribution is -0.135. The van der Waals surface area contributed by atoms with E-state index in [1.165, 1.54) is 9.78 Å². The average Bonchev–Trinajstić information content (AvgIpc) is 3.23. The Balaban J connectivity index is 1.77. The fourth-order valence-corrected chi connectivity index (χ4v) is 4.69. The molecule has 2 heterocycles. The van der Waals surface area contributed by atoms with Crippen molar-refractivity contribution in [2.24, 2.45) is 0 Å². The number of benzene rings is 1. The molecule has 0 saturated carbocycles. The number of urea groups is 1. The predicted molar refractivity (Wildman–Crippen MR) is 125 cm³/mol. The van der Waals surface area contributed by atoms with Crippen molar-refractivity contribution < 1.29 is 14.3 Å². The summed E-state index contributed by atoms with van der Waals surface area (Å²) in [6, 6.07) is 7.12. The number of ether oxygens (including phenoxy) is 1. The van der Waals surface area contributed by atoms with Crippen LogP contribution in [0.1, 0.15) is 29.0 Å². The van der Waals surface area contributed by atoms with Gasteiger partial charge in [-0.05, 0) is 61.0 Å². The Kier molecular flexibility index (Phi) is 7.98. The molecule has 6 nitrogen and oxygen atoms in total. The number of fused-ring (bicyclic) bond motifs is 1. The van der Waals surface area contributed by atoms with E-state index in [0.29, 0.717) is 37.0 Å². The Hall–Kier alpha value is -2.51. The SMILES string of the molecule is C=CCN(CC(=O)N1CCc2sccc2C1COc1ccc(Cl)c(C)c1)C(=O)NCC. The van der Waals surface area contributed by atoms with E-state index in [-0.39, 0.29) is 24.5 Å². The number of nitrogens with one attached hydrogen (secondary N) is 1. The summed E-state index contributed by atoms with van der Waals surface area (Å²) in [4.78, 5) is 30.1. The van der Waals surface area contributed by atoms with Crippen LogP contribution in [0.4, 0.5) is 4.79 Å². The Morgan fingerprint density at radius 2 is 2.23 bits per heavy atom. The van der Waals surface area contributed by atoms with Crippen LogP contribution in [-0.2, 0) is 11.2 Å². The minimum Gasteiger partial charge on any atom is -0.491 e. The number of rotatable bonds is 8. The molecule has 1 aliphatic heterocycles. The minimum atomic E-state index is -0.270. The van der Waals surface area contributed by atoms with Crippen molar-refractivity contribution in [1.82, 2.24) is 15.1 Å². The largest absolute Gasteiger partial charge is 0.491 e. The molecule has 31 heavy (non-hydrogen) atoms.